The lowest BCUT2D eigenvalue weighted by molar-refractivity contribution is -0.120. The third-order valence-corrected chi connectivity index (χ3v) is 4.06. The van der Waals surface area contributed by atoms with Crippen LogP contribution in [0.5, 0.6) is 0 Å². The molecule has 0 saturated heterocycles. The van der Waals surface area contributed by atoms with E-state index in [0.29, 0.717) is 11.7 Å². The van der Waals surface area contributed by atoms with E-state index < -0.39 is 0 Å². The second-order valence-electron chi connectivity index (χ2n) is 4.71. The van der Waals surface area contributed by atoms with E-state index in [1.165, 1.54) is 5.56 Å². The largest absolute Gasteiger partial charge is 0.302 e. The van der Waals surface area contributed by atoms with Gasteiger partial charge in [-0.05, 0) is 55.2 Å². The Kier molecular flexibility index (Phi) is 4.13. The molecule has 1 fully saturated rings. The van der Waals surface area contributed by atoms with E-state index in [1.54, 1.807) is 11.3 Å². The number of nitrogens with zero attached hydrogens (tertiary/aromatic N) is 1. The first kappa shape index (κ1) is 11.8. The van der Waals surface area contributed by atoms with Crippen LogP contribution in [0.4, 0.5) is 0 Å². The van der Waals surface area contributed by atoms with E-state index >= 15 is 0 Å². The van der Waals surface area contributed by atoms with E-state index in [9.17, 15) is 4.79 Å². The molecular weight excluding hydrogens is 218 g/mol. The van der Waals surface area contributed by atoms with Gasteiger partial charge in [-0.25, -0.2) is 0 Å². The summed E-state index contributed by atoms with van der Waals surface area (Å²) in [4.78, 5) is 13.8. The third kappa shape index (κ3) is 3.16. The Morgan fingerprint density at radius 2 is 2.44 bits per heavy atom. The molecule has 1 aliphatic carbocycles. The van der Waals surface area contributed by atoms with Gasteiger partial charge < -0.3 is 4.90 Å². The van der Waals surface area contributed by atoms with Crippen molar-refractivity contribution in [3.63, 3.8) is 0 Å². The summed E-state index contributed by atoms with van der Waals surface area (Å²) >= 11 is 1.74. The predicted molar refractivity (Wildman–Crippen MR) is 67.6 cm³/mol. The predicted octanol–water partition coefficient (Wildman–Crippen LogP) is 2.94. The summed E-state index contributed by atoms with van der Waals surface area (Å²) in [6, 6.07) is 2.17. The topological polar surface area (TPSA) is 20.3 Å². The maximum Gasteiger partial charge on any atom is 0.136 e. The van der Waals surface area contributed by atoms with Crippen molar-refractivity contribution in [2.75, 3.05) is 13.6 Å². The van der Waals surface area contributed by atoms with Crippen LogP contribution in [-0.2, 0) is 11.3 Å². The number of rotatable bonds is 5. The van der Waals surface area contributed by atoms with Crippen LogP contribution >= 0.6 is 11.3 Å². The van der Waals surface area contributed by atoms with Crippen LogP contribution in [-0.4, -0.2) is 24.3 Å². The van der Waals surface area contributed by atoms with Gasteiger partial charge in [-0.1, -0.05) is 0 Å². The molecule has 1 aromatic rings. The molecule has 0 aliphatic heterocycles. The van der Waals surface area contributed by atoms with Crippen LogP contribution in [0.1, 0.15) is 31.2 Å². The fourth-order valence-corrected chi connectivity index (χ4v) is 3.00. The van der Waals surface area contributed by atoms with E-state index in [1.807, 2.05) is 0 Å². The van der Waals surface area contributed by atoms with Crippen molar-refractivity contribution in [2.45, 2.75) is 32.2 Å². The maximum absolute atomic E-state index is 11.5. The standard InChI is InChI=1S/C13H19NOS/c1-14(9-11-6-8-16-10-11)7-5-12-3-2-4-13(12)15/h6,8,10,12H,2-5,7,9H2,1H3. The fraction of sp³-hybridized carbons (Fsp3) is 0.615. The molecule has 1 unspecified atom stereocenters. The number of hydrogen-bond donors (Lipinski definition) is 0. The lowest BCUT2D eigenvalue weighted by Crippen LogP contribution is -2.22. The molecule has 1 aliphatic rings. The Morgan fingerprint density at radius 3 is 3.06 bits per heavy atom. The smallest absolute Gasteiger partial charge is 0.136 e. The lowest BCUT2D eigenvalue weighted by Gasteiger charge is -2.17. The highest BCUT2D eigenvalue weighted by Gasteiger charge is 2.23. The van der Waals surface area contributed by atoms with Gasteiger partial charge in [-0.15, -0.1) is 0 Å². The van der Waals surface area contributed by atoms with Crippen LogP contribution in [0.3, 0.4) is 0 Å². The molecule has 0 aromatic carbocycles. The summed E-state index contributed by atoms with van der Waals surface area (Å²) in [5.41, 5.74) is 1.38. The molecular formula is C13H19NOS. The molecule has 0 bridgehead atoms. The van der Waals surface area contributed by atoms with E-state index in [-0.39, 0.29) is 0 Å². The first-order chi connectivity index (χ1) is 7.75. The number of hydrogen-bond acceptors (Lipinski definition) is 3. The Morgan fingerprint density at radius 1 is 1.56 bits per heavy atom. The monoisotopic (exact) mass is 237 g/mol. The third-order valence-electron chi connectivity index (χ3n) is 3.32. The van der Waals surface area contributed by atoms with Crippen molar-refractivity contribution in [1.29, 1.82) is 0 Å². The molecule has 1 aromatic heterocycles. The Labute approximate surface area is 101 Å². The lowest BCUT2D eigenvalue weighted by atomic mass is 10.0. The maximum atomic E-state index is 11.5. The highest BCUT2D eigenvalue weighted by Crippen LogP contribution is 2.24. The van der Waals surface area contributed by atoms with Gasteiger partial charge in [0.2, 0.25) is 0 Å². The summed E-state index contributed by atoms with van der Waals surface area (Å²) in [5, 5.41) is 4.31. The molecule has 16 heavy (non-hydrogen) atoms. The quantitative estimate of drug-likeness (QED) is 0.784. The van der Waals surface area contributed by atoms with Crippen LogP contribution < -0.4 is 0 Å². The molecule has 3 heteroatoms. The number of thiophene rings is 1. The van der Waals surface area contributed by atoms with Gasteiger partial charge in [0.05, 0.1) is 0 Å². The minimum absolute atomic E-state index is 0.352. The molecule has 2 rings (SSSR count). The van der Waals surface area contributed by atoms with Crippen molar-refractivity contribution < 1.29 is 4.79 Å². The molecule has 1 heterocycles. The molecule has 1 saturated carbocycles. The zero-order valence-corrected chi connectivity index (χ0v) is 10.6. The van der Waals surface area contributed by atoms with Gasteiger partial charge >= 0.3 is 0 Å². The minimum atomic E-state index is 0.352. The Bertz CT molecular complexity index is 334. The second-order valence-corrected chi connectivity index (χ2v) is 5.49. The van der Waals surface area contributed by atoms with Gasteiger partial charge in [-0.2, -0.15) is 11.3 Å². The minimum Gasteiger partial charge on any atom is -0.302 e. The molecule has 2 nitrogen and oxygen atoms in total. The summed E-state index contributed by atoms with van der Waals surface area (Å²) in [5.74, 6) is 0.842. The zero-order chi connectivity index (χ0) is 11.4. The van der Waals surface area contributed by atoms with Crippen LogP contribution in [0.15, 0.2) is 16.8 Å². The molecule has 0 amide bonds. The Hall–Kier alpha value is -0.670. The molecule has 0 N–H and O–H groups in total. The molecule has 0 radical (unpaired) electrons. The van der Waals surface area contributed by atoms with E-state index in [0.717, 1.165) is 38.8 Å². The van der Waals surface area contributed by atoms with Crippen molar-refractivity contribution in [3.05, 3.63) is 22.4 Å². The van der Waals surface area contributed by atoms with Crippen LogP contribution in [0.2, 0.25) is 0 Å². The van der Waals surface area contributed by atoms with Crippen molar-refractivity contribution in [3.8, 4) is 0 Å². The van der Waals surface area contributed by atoms with Gasteiger partial charge in [-0.3, -0.25) is 4.79 Å². The summed E-state index contributed by atoms with van der Waals surface area (Å²) < 4.78 is 0. The summed E-state index contributed by atoms with van der Waals surface area (Å²) in [6.07, 6.45) is 4.08. The average Bonchev–Trinajstić information content (AvgIpc) is 2.87. The average molecular weight is 237 g/mol. The molecule has 0 spiro atoms. The van der Waals surface area contributed by atoms with Gasteiger partial charge in [0.1, 0.15) is 5.78 Å². The first-order valence-electron chi connectivity index (χ1n) is 5.98. The molecule has 88 valence electrons. The van der Waals surface area contributed by atoms with Crippen LogP contribution in [0, 0.1) is 5.92 Å². The first-order valence-corrected chi connectivity index (χ1v) is 6.92. The summed E-state index contributed by atoms with van der Waals surface area (Å²) in [6.45, 7) is 2.04. The highest BCUT2D eigenvalue weighted by molar-refractivity contribution is 7.07. The summed E-state index contributed by atoms with van der Waals surface area (Å²) in [7, 11) is 2.14. The number of carbonyl (C=O) groups excluding carboxylic acids is 1. The molecule has 1 atom stereocenters. The zero-order valence-electron chi connectivity index (χ0n) is 9.82. The SMILES string of the molecule is CN(CCC1CCCC1=O)Cc1ccsc1. The van der Waals surface area contributed by atoms with Gasteiger partial charge in [0.15, 0.2) is 0 Å². The highest BCUT2D eigenvalue weighted by atomic mass is 32.1. The van der Waals surface area contributed by atoms with Crippen LogP contribution in [0.25, 0.3) is 0 Å². The van der Waals surface area contributed by atoms with Crippen molar-refractivity contribution in [1.82, 2.24) is 4.90 Å². The van der Waals surface area contributed by atoms with E-state index in [2.05, 4.69) is 28.8 Å². The van der Waals surface area contributed by atoms with Gasteiger partial charge in [0, 0.05) is 18.9 Å². The fourth-order valence-electron chi connectivity index (χ4n) is 2.34. The second kappa shape index (κ2) is 5.60. The number of carbonyl (C=O) groups is 1. The number of Topliss-reactive ketones (excluding diaryl/α,β-unsaturated/α-hetero) is 1. The van der Waals surface area contributed by atoms with Crippen molar-refractivity contribution >= 4 is 17.1 Å². The normalized spacial score (nSPS) is 20.9. The Balaban J connectivity index is 1.71. The van der Waals surface area contributed by atoms with Gasteiger partial charge in [0.25, 0.3) is 0 Å². The van der Waals surface area contributed by atoms with Crippen molar-refractivity contribution in [2.24, 2.45) is 5.92 Å². The number of ketones is 1. The van der Waals surface area contributed by atoms with E-state index in [4.69, 9.17) is 0 Å².